The fourth-order valence-electron chi connectivity index (χ4n) is 3.85. The number of hydrazine groups is 1. The highest BCUT2D eigenvalue weighted by atomic mass is 79.9. The third-order valence-corrected chi connectivity index (χ3v) is 6.14. The first-order valence-electron chi connectivity index (χ1n) is 10.8. The molecular formula is C25H23BrN4O4. The SMILES string of the molecule is Cc1ccccc1C(=O)N/N=C1\CCCc2oc(C(=O)NNC(=O)c3ccc(Br)cc3)c(C)c21. The van der Waals surface area contributed by atoms with Crippen LogP contribution < -0.4 is 16.3 Å². The molecule has 4 rings (SSSR count). The lowest BCUT2D eigenvalue weighted by molar-refractivity contribution is 0.0829. The fraction of sp³-hybridized carbons (Fsp3) is 0.200. The number of carbonyl (C=O) groups is 3. The van der Waals surface area contributed by atoms with E-state index in [0.29, 0.717) is 41.0 Å². The van der Waals surface area contributed by atoms with Gasteiger partial charge in [-0.25, -0.2) is 5.43 Å². The molecule has 2 aromatic carbocycles. The first-order chi connectivity index (χ1) is 16.3. The molecule has 9 heteroatoms. The zero-order valence-electron chi connectivity index (χ0n) is 18.7. The Morgan fingerprint density at radius 3 is 2.35 bits per heavy atom. The number of furan rings is 1. The summed E-state index contributed by atoms with van der Waals surface area (Å²) in [6, 6.07) is 14.0. The Kier molecular flexibility index (Phi) is 6.93. The number of hydrogen-bond acceptors (Lipinski definition) is 5. The minimum Gasteiger partial charge on any atom is -0.455 e. The van der Waals surface area contributed by atoms with E-state index in [1.54, 1.807) is 43.3 Å². The van der Waals surface area contributed by atoms with Gasteiger partial charge in [0.05, 0.1) is 5.71 Å². The van der Waals surface area contributed by atoms with Crippen LogP contribution in [0.15, 0.2) is 62.5 Å². The van der Waals surface area contributed by atoms with Crippen LogP contribution in [0.5, 0.6) is 0 Å². The number of hydrogen-bond donors (Lipinski definition) is 3. The van der Waals surface area contributed by atoms with Crippen LogP contribution in [0.2, 0.25) is 0 Å². The van der Waals surface area contributed by atoms with E-state index < -0.39 is 11.8 Å². The van der Waals surface area contributed by atoms with Crippen LogP contribution in [0.4, 0.5) is 0 Å². The van der Waals surface area contributed by atoms with E-state index in [2.05, 4.69) is 37.3 Å². The van der Waals surface area contributed by atoms with Gasteiger partial charge in [-0.05, 0) is 62.6 Å². The van der Waals surface area contributed by atoms with Crippen LogP contribution in [0, 0.1) is 13.8 Å². The lowest BCUT2D eigenvalue weighted by Crippen LogP contribution is -2.41. The molecule has 1 aliphatic carbocycles. The normalized spacial score (nSPS) is 13.8. The Morgan fingerprint density at radius 1 is 0.912 bits per heavy atom. The Balaban J connectivity index is 1.48. The van der Waals surface area contributed by atoms with E-state index in [1.807, 2.05) is 19.1 Å². The highest BCUT2D eigenvalue weighted by Crippen LogP contribution is 2.29. The predicted octanol–water partition coefficient (Wildman–Crippen LogP) is 4.20. The molecule has 0 unspecified atom stereocenters. The maximum absolute atomic E-state index is 12.7. The number of rotatable bonds is 4. The molecular weight excluding hydrogens is 500 g/mol. The van der Waals surface area contributed by atoms with Crippen LogP contribution in [-0.2, 0) is 6.42 Å². The number of nitrogens with one attached hydrogen (secondary N) is 3. The molecule has 3 amide bonds. The Bertz CT molecular complexity index is 1290. The highest BCUT2D eigenvalue weighted by Gasteiger charge is 2.28. The molecule has 1 aliphatic rings. The number of benzene rings is 2. The van der Waals surface area contributed by atoms with Gasteiger partial charge in [-0.3, -0.25) is 25.2 Å². The summed E-state index contributed by atoms with van der Waals surface area (Å²) in [4.78, 5) is 37.6. The lowest BCUT2D eigenvalue weighted by Gasteiger charge is -2.13. The van der Waals surface area contributed by atoms with Crippen molar-refractivity contribution in [3.05, 3.63) is 92.3 Å². The molecule has 1 heterocycles. The topological polar surface area (TPSA) is 113 Å². The van der Waals surface area contributed by atoms with Crippen LogP contribution in [0.25, 0.3) is 0 Å². The summed E-state index contributed by atoms with van der Waals surface area (Å²) in [5, 5.41) is 4.35. The van der Waals surface area contributed by atoms with Gasteiger partial charge in [0.2, 0.25) is 0 Å². The maximum Gasteiger partial charge on any atom is 0.305 e. The van der Waals surface area contributed by atoms with Gasteiger partial charge < -0.3 is 4.42 Å². The van der Waals surface area contributed by atoms with Crippen molar-refractivity contribution < 1.29 is 18.8 Å². The number of halogens is 1. The van der Waals surface area contributed by atoms with Crippen molar-refractivity contribution in [3.63, 3.8) is 0 Å². The van der Waals surface area contributed by atoms with Gasteiger partial charge in [-0.1, -0.05) is 34.1 Å². The number of aryl methyl sites for hydroxylation is 2. The highest BCUT2D eigenvalue weighted by molar-refractivity contribution is 9.10. The molecule has 0 saturated carbocycles. The standard InChI is InChI=1S/C25H23BrN4O4/c1-14-6-3-4-7-18(14)24(32)29-27-19-8-5-9-20-21(19)15(2)22(34-20)25(33)30-28-23(31)16-10-12-17(26)13-11-16/h3-4,6-7,10-13H,5,8-9H2,1-2H3,(H,28,31)(H,29,32)(H,30,33)/b27-19+. The molecule has 0 spiro atoms. The minimum absolute atomic E-state index is 0.0981. The second-order valence-electron chi connectivity index (χ2n) is 7.94. The summed E-state index contributed by atoms with van der Waals surface area (Å²) in [7, 11) is 0. The van der Waals surface area contributed by atoms with Gasteiger partial charge in [0.15, 0.2) is 5.76 Å². The minimum atomic E-state index is -0.569. The third kappa shape index (κ3) is 4.94. The second-order valence-corrected chi connectivity index (χ2v) is 8.85. The van der Waals surface area contributed by atoms with Crippen LogP contribution in [-0.4, -0.2) is 23.4 Å². The average molecular weight is 523 g/mol. The van der Waals surface area contributed by atoms with E-state index >= 15 is 0 Å². The quantitative estimate of drug-likeness (QED) is 0.445. The van der Waals surface area contributed by atoms with Gasteiger partial charge in [0.25, 0.3) is 11.8 Å². The summed E-state index contributed by atoms with van der Waals surface area (Å²) in [6.07, 6.45) is 2.07. The Labute approximate surface area is 204 Å². The van der Waals surface area contributed by atoms with Crippen molar-refractivity contribution in [1.29, 1.82) is 0 Å². The molecule has 0 bridgehead atoms. The lowest BCUT2D eigenvalue weighted by atomic mass is 9.93. The summed E-state index contributed by atoms with van der Waals surface area (Å²) in [5.74, 6) is -0.581. The second kappa shape index (κ2) is 10.0. The van der Waals surface area contributed by atoms with E-state index in [4.69, 9.17) is 4.42 Å². The summed E-state index contributed by atoms with van der Waals surface area (Å²) < 4.78 is 6.67. The molecule has 34 heavy (non-hydrogen) atoms. The molecule has 174 valence electrons. The molecule has 1 aromatic heterocycles. The number of amides is 3. The monoisotopic (exact) mass is 522 g/mol. The largest absolute Gasteiger partial charge is 0.455 e. The van der Waals surface area contributed by atoms with Crippen molar-refractivity contribution >= 4 is 39.4 Å². The summed E-state index contributed by atoms with van der Waals surface area (Å²) in [6.45, 7) is 3.62. The van der Waals surface area contributed by atoms with Gasteiger partial charge >= 0.3 is 5.91 Å². The molecule has 0 fully saturated rings. The first kappa shape index (κ1) is 23.4. The maximum atomic E-state index is 12.7. The van der Waals surface area contributed by atoms with Gasteiger partial charge in [0, 0.05) is 33.1 Å². The Morgan fingerprint density at radius 2 is 1.62 bits per heavy atom. The molecule has 0 radical (unpaired) electrons. The third-order valence-electron chi connectivity index (χ3n) is 5.61. The average Bonchev–Trinajstić information content (AvgIpc) is 3.18. The van der Waals surface area contributed by atoms with E-state index in [1.165, 1.54) is 0 Å². The van der Waals surface area contributed by atoms with Crippen LogP contribution in [0.3, 0.4) is 0 Å². The van der Waals surface area contributed by atoms with Gasteiger partial charge in [0.1, 0.15) is 5.76 Å². The smallest absolute Gasteiger partial charge is 0.305 e. The van der Waals surface area contributed by atoms with E-state index in [0.717, 1.165) is 22.0 Å². The molecule has 0 atom stereocenters. The van der Waals surface area contributed by atoms with Crippen molar-refractivity contribution in [2.24, 2.45) is 5.10 Å². The van der Waals surface area contributed by atoms with Crippen molar-refractivity contribution in [2.45, 2.75) is 33.1 Å². The zero-order chi connectivity index (χ0) is 24.2. The molecule has 3 aromatic rings. The van der Waals surface area contributed by atoms with Gasteiger partial charge in [-0.15, -0.1) is 0 Å². The predicted molar refractivity (Wildman–Crippen MR) is 131 cm³/mol. The van der Waals surface area contributed by atoms with Crippen LogP contribution in [0.1, 0.15) is 66.6 Å². The number of nitrogens with zero attached hydrogens (tertiary/aromatic N) is 1. The fourth-order valence-corrected chi connectivity index (χ4v) is 4.11. The molecule has 0 aliphatic heterocycles. The molecule has 3 N–H and O–H groups in total. The number of fused-ring (bicyclic) bond motifs is 1. The van der Waals surface area contributed by atoms with Crippen molar-refractivity contribution in [3.8, 4) is 0 Å². The van der Waals surface area contributed by atoms with Crippen molar-refractivity contribution in [1.82, 2.24) is 16.3 Å². The summed E-state index contributed by atoms with van der Waals surface area (Å²) in [5.41, 5.74) is 11.2. The Hall–Kier alpha value is -3.72. The molecule has 8 nitrogen and oxygen atoms in total. The van der Waals surface area contributed by atoms with Gasteiger partial charge in [-0.2, -0.15) is 5.10 Å². The number of hydrazone groups is 1. The first-order valence-corrected chi connectivity index (χ1v) is 11.6. The number of carbonyl (C=O) groups excluding carboxylic acids is 3. The molecule has 0 saturated heterocycles. The van der Waals surface area contributed by atoms with Crippen molar-refractivity contribution in [2.75, 3.05) is 0 Å². The zero-order valence-corrected chi connectivity index (χ0v) is 20.3. The van der Waals surface area contributed by atoms with Crippen LogP contribution >= 0.6 is 15.9 Å². The van der Waals surface area contributed by atoms with E-state index in [9.17, 15) is 14.4 Å². The van der Waals surface area contributed by atoms with E-state index in [-0.39, 0.29) is 11.7 Å². The summed E-state index contributed by atoms with van der Waals surface area (Å²) >= 11 is 3.32.